The Morgan fingerprint density at radius 2 is 1.23 bits per heavy atom. The molecule has 0 N–H and O–H groups in total. The predicted molar refractivity (Wildman–Crippen MR) is 60.1 cm³/mol. The minimum Gasteiger partial charge on any atom is -0.230 e. The summed E-state index contributed by atoms with van der Waals surface area (Å²) >= 11 is 5.24. The molecule has 0 spiro atoms. The fraction of sp³-hybridized carbons (Fsp3) is 0.250. The first kappa shape index (κ1) is 7.84. The van der Waals surface area contributed by atoms with Gasteiger partial charge in [0, 0.05) is 0 Å². The summed E-state index contributed by atoms with van der Waals surface area (Å²) in [5.41, 5.74) is 0. The van der Waals surface area contributed by atoms with Crippen molar-refractivity contribution in [3.05, 3.63) is 10.0 Å². The number of rotatable bonds is 0. The Hall–Kier alpha value is -0.520. The van der Waals surface area contributed by atoms with Gasteiger partial charge in [-0.3, -0.25) is 0 Å². The Kier molecular flexibility index (Phi) is 1.51. The van der Waals surface area contributed by atoms with Gasteiger partial charge in [-0.1, -0.05) is 11.3 Å². The summed E-state index contributed by atoms with van der Waals surface area (Å²) in [5.74, 6) is 0. The highest BCUT2D eigenvalue weighted by molar-refractivity contribution is 7.37. The first-order valence-electron chi connectivity index (χ1n) is 3.87. The molecule has 13 heavy (non-hydrogen) atoms. The number of fused-ring (bicyclic) bond motifs is 3. The molecule has 3 rings (SSSR count). The molecule has 3 heterocycles. The van der Waals surface area contributed by atoms with Gasteiger partial charge >= 0.3 is 0 Å². The standard InChI is InChI=1S/C8H6N2S3/c1-3-9-7-5(11-3)6-8(13-7)10-4(2)12-6/h1-2H3. The number of thiophene rings is 1. The molecule has 0 radical (unpaired) electrons. The van der Waals surface area contributed by atoms with Crippen LogP contribution in [0.2, 0.25) is 0 Å². The molecule has 3 aromatic rings. The van der Waals surface area contributed by atoms with Gasteiger partial charge in [-0.05, 0) is 13.8 Å². The average molecular weight is 226 g/mol. The van der Waals surface area contributed by atoms with Gasteiger partial charge in [-0.2, -0.15) is 0 Å². The molecule has 2 nitrogen and oxygen atoms in total. The van der Waals surface area contributed by atoms with Crippen LogP contribution in [0.1, 0.15) is 10.0 Å². The van der Waals surface area contributed by atoms with Gasteiger partial charge in [0.2, 0.25) is 0 Å². The van der Waals surface area contributed by atoms with Crippen molar-refractivity contribution in [1.29, 1.82) is 0 Å². The van der Waals surface area contributed by atoms with Crippen LogP contribution in [-0.4, -0.2) is 9.97 Å². The maximum atomic E-state index is 4.46. The zero-order valence-corrected chi connectivity index (χ0v) is 9.57. The number of nitrogens with zero attached hydrogens (tertiary/aromatic N) is 2. The van der Waals surface area contributed by atoms with Crippen molar-refractivity contribution < 1.29 is 0 Å². The molecule has 0 aromatic carbocycles. The molecule has 0 aliphatic heterocycles. The van der Waals surface area contributed by atoms with E-state index >= 15 is 0 Å². The number of thiazole rings is 2. The van der Waals surface area contributed by atoms with E-state index in [4.69, 9.17) is 0 Å². The largest absolute Gasteiger partial charge is 0.230 e. The van der Waals surface area contributed by atoms with Crippen molar-refractivity contribution in [2.45, 2.75) is 13.8 Å². The third kappa shape index (κ3) is 1.04. The normalized spacial score (nSPS) is 11.8. The van der Waals surface area contributed by atoms with Gasteiger partial charge in [-0.25, -0.2) is 9.97 Å². The van der Waals surface area contributed by atoms with Crippen molar-refractivity contribution in [2.24, 2.45) is 0 Å². The van der Waals surface area contributed by atoms with Gasteiger partial charge in [0.1, 0.15) is 9.66 Å². The zero-order chi connectivity index (χ0) is 9.00. The van der Waals surface area contributed by atoms with Crippen molar-refractivity contribution in [3.8, 4) is 0 Å². The molecule has 3 aromatic heterocycles. The molecule has 0 unspecified atom stereocenters. The third-order valence-electron chi connectivity index (χ3n) is 1.81. The summed E-state index contributed by atoms with van der Waals surface area (Å²) in [6, 6.07) is 0. The Morgan fingerprint density at radius 1 is 0.769 bits per heavy atom. The van der Waals surface area contributed by atoms with E-state index in [1.807, 2.05) is 0 Å². The lowest BCUT2D eigenvalue weighted by Crippen LogP contribution is -1.62. The molecule has 0 saturated carbocycles. The lowest BCUT2D eigenvalue weighted by molar-refractivity contribution is 1.36. The second-order valence-electron chi connectivity index (χ2n) is 2.84. The van der Waals surface area contributed by atoms with Crippen LogP contribution in [0.4, 0.5) is 0 Å². The van der Waals surface area contributed by atoms with Crippen molar-refractivity contribution in [1.82, 2.24) is 9.97 Å². The van der Waals surface area contributed by atoms with E-state index in [2.05, 4.69) is 23.8 Å². The SMILES string of the molecule is Cc1nc2sc3nc(C)sc3c2s1. The van der Waals surface area contributed by atoms with E-state index in [9.17, 15) is 0 Å². The van der Waals surface area contributed by atoms with Gasteiger partial charge in [0.05, 0.1) is 19.4 Å². The lowest BCUT2D eigenvalue weighted by atomic mass is 10.6. The van der Waals surface area contributed by atoms with Crippen LogP contribution in [0.3, 0.4) is 0 Å². The highest BCUT2D eigenvalue weighted by atomic mass is 32.1. The fourth-order valence-corrected chi connectivity index (χ4v) is 4.77. The maximum Gasteiger partial charge on any atom is 0.138 e. The summed E-state index contributed by atoms with van der Waals surface area (Å²) in [6.45, 7) is 4.11. The van der Waals surface area contributed by atoms with Crippen LogP contribution >= 0.6 is 34.0 Å². The third-order valence-corrected chi connectivity index (χ3v) is 5.15. The van der Waals surface area contributed by atoms with E-state index < -0.39 is 0 Å². The van der Waals surface area contributed by atoms with Gasteiger partial charge in [0.15, 0.2) is 0 Å². The van der Waals surface area contributed by atoms with Crippen molar-refractivity contribution in [2.75, 3.05) is 0 Å². The average Bonchev–Trinajstić information content (AvgIpc) is 2.60. The summed E-state index contributed by atoms with van der Waals surface area (Å²) in [7, 11) is 0. The van der Waals surface area contributed by atoms with Crippen LogP contribution in [0, 0.1) is 13.8 Å². The van der Waals surface area contributed by atoms with Crippen molar-refractivity contribution in [3.63, 3.8) is 0 Å². The van der Waals surface area contributed by atoms with E-state index in [-0.39, 0.29) is 0 Å². The molecule has 0 atom stereocenters. The van der Waals surface area contributed by atoms with Crippen LogP contribution in [0.25, 0.3) is 19.1 Å². The second-order valence-corrected chi connectivity index (χ2v) is 6.22. The number of aryl methyl sites for hydroxylation is 2. The molecule has 0 bridgehead atoms. The molecule has 0 fully saturated rings. The highest BCUT2D eigenvalue weighted by Gasteiger charge is 2.12. The molecule has 0 aliphatic carbocycles. The van der Waals surface area contributed by atoms with Crippen LogP contribution in [0.15, 0.2) is 0 Å². The molecule has 5 heteroatoms. The molecule has 66 valence electrons. The summed E-state index contributed by atoms with van der Waals surface area (Å²) in [5, 5.41) is 2.29. The monoisotopic (exact) mass is 226 g/mol. The topological polar surface area (TPSA) is 25.8 Å². The highest BCUT2D eigenvalue weighted by Crippen LogP contribution is 2.39. The van der Waals surface area contributed by atoms with Gasteiger partial charge in [0.25, 0.3) is 0 Å². The number of hydrogen-bond acceptors (Lipinski definition) is 5. The van der Waals surface area contributed by atoms with Crippen LogP contribution < -0.4 is 0 Å². The predicted octanol–water partition coefficient (Wildman–Crippen LogP) is 3.58. The number of hydrogen-bond donors (Lipinski definition) is 0. The van der Waals surface area contributed by atoms with Crippen LogP contribution in [-0.2, 0) is 0 Å². The Morgan fingerprint density at radius 3 is 1.69 bits per heavy atom. The van der Waals surface area contributed by atoms with E-state index in [1.165, 1.54) is 9.40 Å². The first-order valence-corrected chi connectivity index (χ1v) is 6.32. The Balaban J connectivity index is 2.56. The van der Waals surface area contributed by atoms with Gasteiger partial charge in [-0.15, -0.1) is 22.7 Å². The summed E-state index contributed by atoms with van der Waals surface area (Å²) in [4.78, 5) is 11.2. The Labute approximate surface area is 86.9 Å². The zero-order valence-electron chi connectivity index (χ0n) is 7.12. The van der Waals surface area contributed by atoms with E-state index in [0.29, 0.717) is 0 Å². The maximum absolute atomic E-state index is 4.46. The number of aromatic nitrogens is 2. The lowest BCUT2D eigenvalue weighted by Gasteiger charge is -1.72. The summed E-state index contributed by atoms with van der Waals surface area (Å²) < 4.78 is 2.64. The minimum absolute atomic E-state index is 1.15. The van der Waals surface area contributed by atoms with E-state index in [0.717, 1.165) is 19.7 Å². The quantitative estimate of drug-likeness (QED) is 0.585. The molecule has 0 amide bonds. The van der Waals surface area contributed by atoms with E-state index in [1.54, 1.807) is 34.0 Å². The van der Waals surface area contributed by atoms with Crippen LogP contribution in [0.5, 0.6) is 0 Å². The Bertz CT molecular complexity index is 536. The first-order chi connectivity index (χ1) is 6.24. The summed E-state index contributed by atoms with van der Waals surface area (Å²) in [6.07, 6.45) is 0. The second kappa shape index (κ2) is 2.50. The molecular formula is C8H6N2S3. The molecule has 0 saturated heterocycles. The molecular weight excluding hydrogens is 220 g/mol. The minimum atomic E-state index is 1.15. The molecule has 0 aliphatic rings. The van der Waals surface area contributed by atoms with Crippen molar-refractivity contribution >= 4 is 53.1 Å². The smallest absolute Gasteiger partial charge is 0.138 e. The fourth-order valence-electron chi connectivity index (χ4n) is 1.33. The van der Waals surface area contributed by atoms with Gasteiger partial charge < -0.3 is 0 Å².